The lowest BCUT2D eigenvalue weighted by Gasteiger charge is -2.05. The number of ether oxygens (including phenoxy) is 2. The molecule has 4 heteroatoms. The molecule has 0 radical (unpaired) electrons. The van der Waals surface area contributed by atoms with Gasteiger partial charge in [-0.15, -0.1) is 0 Å². The highest BCUT2D eigenvalue weighted by molar-refractivity contribution is 5.96. The topological polar surface area (TPSA) is 52.6 Å². The van der Waals surface area contributed by atoms with Crippen molar-refractivity contribution in [3.63, 3.8) is 0 Å². The van der Waals surface area contributed by atoms with E-state index in [1.807, 2.05) is 6.92 Å². The molecular weight excluding hydrogens is 196 g/mol. The highest BCUT2D eigenvalue weighted by atomic mass is 16.5. The summed E-state index contributed by atoms with van der Waals surface area (Å²) in [6.07, 6.45) is 2.52. The molecule has 4 nitrogen and oxygen atoms in total. The molecule has 0 aliphatic rings. The van der Waals surface area contributed by atoms with E-state index in [9.17, 15) is 9.59 Å². The summed E-state index contributed by atoms with van der Waals surface area (Å²) >= 11 is 0. The number of carbonyl (C=O) groups excluding carboxylic acids is 2. The van der Waals surface area contributed by atoms with Crippen molar-refractivity contribution >= 4 is 11.9 Å². The second-order valence-corrected chi connectivity index (χ2v) is 2.89. The third kappa shape index (κ3) is 5.88. The molecule has 0 unspecified atom stereocenters. The van der Waals surface area contributed by atoms with Gasteiger partial charge in [-0.3, -0.25) is 0 Å². The Kier molecular flexibility index (Phi) is 7.32. The molecule has 0 rings (SSSR count). The molecular formula is C11H18O4. The number of rotatable bonds is 6. The molecule has 0 bridgehead atoms. The molecule has 0 fully saturated rings. The van der Waals surface area contributed by atoms with Crippen molar-refractivity contribution in [3.05, 3.63) is 11.6 Å². The predicted molar refractivity (Wildman–Crippen MR) is 56.3 cm³/mol. The van der Waals surface area contributed by atoms with E-state index in [-0.39, 0.29) is 0 Å². The molecule has 0 aliphatic carbocycles. The first-order valence-corrected chi connectivity index (χ1v) is 5.20. The van der Waals surface area contributed by atoms with Crippen LogP contribution < -0.4 is 0 Å². The van der Waals surface area contributed by atoms with Crippen LogP contribution in [0.3, 0.4) is 0 Å². The quantitative estimate of drug-likeness (QED) is 0.500. The largest absolute Gasteiger partial charge is 0.463 e. The van der Waals surface area contributed by atoms with Crippen LogP contribution >= 0.6 is 0 Å². The molecule has 0 N–H and O–H groups in total. The van der Waals surface area contributed by atoms with Crippen LogP contribution in [-0.2, 0) is 19.1 Å². The molecule has 0 spiro atoms. The minimum atomic E-state index is -0.492. The van der Waals surface area contributed by atoms with Crippen LogP contribution in [0.15, 0.2) is 11.6 Å². The third-order valence-corrected chi connectivity index (χ3v) is 1.64. The van der Waals surface area contributed by atoms with Gasteiger partial charge in [-0.1, -0.05) is 13.3 Å². The van der Waals surface area contributed by atoms with Crippen LogP contribution in [0.4, 0.5) is 0 Å². The zero-order valence-corrected chi connectivity index (χ0v) is 9.54. The minimum absolute atomic E-state index is 0.303. The Morgan fingerprint density at radius 1 is 1.07 bits per heavy atom. The summed E-state index contributed by atoms with van der Waals surface area (Å²) < 4.78 is 9.54. The van der Waals surface area contributed by atoms with Gasteiger partial charge in [0, 0.05) is 11.6 Å². The monoisotopic (exact) mass is 214 g/mol. The molecule has 0 saturated heterocycles. The van der Waals surface area contributed by atoms with Crippen LogP contribution in [0, 0.1) is 0 Å². The molecule has 0 aromatic carbocycles. The average molecular weight is 214 g/mol. The lowest BCUT2D eigenvalue weighted by Crippen LogP contribution is -2.11. The molecule has 0 amide bonds. The normalized spacial score (nSPS) is 11.0. The van der Waals surface area contributed by atoms with Gasteiger partial charge in [-0.25, -0.2) is 9.59 Å². The Bertz CT molecular complexity index is 243. The van der Waals surface area contributed by atoms with Gasteiger partial charge in [0.15, 0.2) is 0 Å². The summed E-state index contributed by atoms with van der Waals surface area (Å²) in [6, 6.07) is 0. The Morgan fingerprint density at radius 2 is 1.67 bits per heavy atom. The van der Waals surface area contributed by atoms with Crippen LogP contribution in [-0.4, -0.2) is 25.2 Å². The number of esters is 2. The molecule has 0 heterocycles. The second kappa shape index (κ2) is 8.03. The smallest absolute Gasteiger partial charge is 0.334 e. The summed E-state index contributed by atoms with van der Waals surface area (Å²) in [7, 11) is 0. The fourth-order valence-corrected chi connectivity index (χ4v) is 1.05. The Hall–Kier alpha value is -1.32. The van der Waals surface area contributed by atoms with Crippen LogP contribution in [0.25, 0.3) is 0 Å². The lowest BCUT2D eigenvalue weighted by atomic mass is 10.1. The highest BCUT2D eigenvalue weighted by Gasteiger charge is 2.11. The third-order valence-electron chi connectivity index (χ3n) is 1.64. The average Bonchev–Trinajstić information content (AvgIpc) is 2.18. The fraction of sp³-hybridized carbons (Fsp3) is 0.636. The Morgan fingerprint density at radius 3 is 2.13 bits per heavy atom. The van der Waals surface area contributed by atoms with E-state index < -0.39 is 11.9 Å². The lowest BCUT2D eigenvalue weighted by molar-refractivity contribution is -0.141. The summed E-state index contributed by atoms with van der Waals surface area (Å²) in [5, 5.41) is 0. The van der Waals surface area contributed by atoms with Crippen LogP contribution in [0.2, 0.25) is 0 Å². The van der Waals surface area contributed by atoms with E-state index in [2.05, 4.69) is 0 Å². The Labute approximate surface area is 90.2 Å². The van der Waals surface area contributed by atoms with E-state index in [0.29, 0.717) is 25.2 Å². The first-order valence-electron chi connectivity index (χ1n) is 5.20. The Balaban J connectivity index is 4.48. The SMILES string of the molecule is CCC/C(=C/C(=O)OCC)C(=O)OCC. The van der Waals surface area contributed by atoms with E-state index >= 15 is 0 Å². The summed E-state index contributed by atoms with van der Waals surface area (Å²) in [5.41, 5.74) is 0.373. The standard InChI is InChI=1S/C11H18O4/c1-4-7-9(11(13)15-6-3)8-10(12)14-5-2/h8H,4-7H2,1-3H3/b9-8-. The summed E-state index contributed by atoms with van der Waals surface area (Å²) in [6.45, 7) is 5.99. The van der Waals surface area contributed by atoms with Crippen molar-refractivity contribution in [1.29, 1.82) is 0 Å². The maximum Gasteiger partial charge on any atom is 0.334 e. The van der Waals surface area contributed by atoms with Crippen molar-refractivity contribution in [2.24, 2.45) is 0 Å². The summed E-state index contributed by atoms with van der Waals surface area (Å²) in [5.74, 6) is -0.929. The number of hydrogen-bond acceptors (Lipinski definition) is 4. The van der Waals surface area contributed by atoms with Gasteiger partial charge >= 0.3 is 11.9 Å². The maximum absolute atomic E-state index is 11.4. The maximum atomic E-state index is 11.4. The number of carbonyl (C=O) groups is 2. The zero-order chi connectivity index (χ0) is 11.7. The molecule has 0 saturated carbocycles. The van der Waals surface area contributed by atoms with E-state index in [1.54, 1.807) is 13.8 Å². The van der Waals surface area contributed by atoms with Crippen molar-refractivity contribution in [3.8, 4) is 0 Å². The van der Waals surface area contributed by atoms with Crippen molar-refractivity contribution in [2.45, 2.75) is 33.6 Å². The van der Waals surface area contributed by atoms with E-state index in [0.717, 1.165) is 6.42 Å². The first-order chi connectivity index (χ1) is 7.15. The second-order valence-electron chi connectivity index (χ2n) is 2.89. The van der Waals surface area contributed by atoms with Gasteiger partial charge in [-0.05, 0) is 20.3 Å². The molecule has 86 valence electrons. The molecule has 15 heavy (non-hydrogen) atoms. The fourth-order valence-electron chi connectivity index (χ4n) is 1.05. The van der Waals surface area contributed by atoms with Crippen molar-refractivity contribution in [1.82, 2.24) is 0 Å². The minimum Gasteiger partial charge on any atom is -0.463 e. The highest BCUT2D eigenvalue weighted by Crippen LogP contribution is 2.07. The van der Waals surface area contributed by atoms with Crippen LogP contribution in [0.5, 0.6) is 0 Å². The molecule has 0 aromatic rings. The van der Waals surface area contributed by atoms with E-state index in [4.69, 9.17) is 9.47 Å². The van der Waals surface area contributed by atoms with Gasteiger partial charge < -0.3 is 9.47 Å². The van der Waals surface area contributed by atoms with Gasteiger partial charge in [0.05, 0.1) is 13.2 Å². The van der Waals surface area contributed by atoms with Gasteiger partial charge in [0.1, 0.15) is 0 Å². The van der Waals surface area contributed by atoms with Crippen molar-refractivity contribution < 1.29 is 19.1 Å². The van der Waals surface area contributed by atoms with Gasteiger partial charge in [-0.2, -0.15) is 0 Å². The van der Waals surface area contributed by atoms with Crippen LogP contribution in [0.1, 0.15) is 33.6 Å². The molecule has 0 atom stereocenters. The first kappa shape index (κ1) is 13.7. The molecule has 0 aliphatic heterocycles. The number of hydrogen-bond donors (Lipinski definition) is 0. The van der Waals surface area contributed by atoms with E-state index in [1.165, 1.54) is 6.08 Å². The summed E-state index contributed by atoms with van der Waals surface area (Å²) in [4.78, 5) is 22.5. The zero-order valence-electron chi connectivity index (χ0n) is 9.54. The van der Waals surface area contributed by atoms with Crippen molar-refractivity contribution in [2.75, 3.05) is 13.2 Å². The van der Waals surface area contributed by atoms with Gasteiger partial charge in [0.2, 0.25) is 0 Å². The molecule has 0 aromatic heterocycles. The van der Waals surface area contributed by atoms with Gasteiger partial charge in [0.25, 0.3) is 0 Å². The predicted octanol–water partition coefficient (Wildman–Crippen LogP) is 1.84.